The number of aromatic amines is 1. The van der Waals surface area contributed by atoms with Gasteiger partial charge in [-0.05, 0) is 41.7 Å². The predicted octanol–water partition coefficient (Wildman–Crippen LogP) is 4.84. The van der Waals surface area contributed by atoms with Gasteiger partial charge in [-0.25, -0.2) is 4.79 Å². The zero-order valence-corrected chi connectivity index (χ0v) is 17.4. The smallest absolute Gasteiger partial charge is 0.344 e. The number of thioether (sulfide) groups is 2. The van der Waals surface area contributed by atoms with E-state index in [0.29, 0.717) is 15.9 Å². The zero-order valence-electron chi connectivity index (χ0n) is 15.8. The van der Waals surface area contributed by atoms with Crippen LogP contribution in [0, 0.1) is 0 Å². The lowest BCUT2D eigenvalue weighted by molar-refractivity contribution is -0.144. The number of fused-ring (bicyclic) bond motifs is 1. The van der Waals surface area contributed by atoms with Gasteiger partial charge in [0, 0.05) is 22.7 Å². The van der Waals surface area contributed by atoms with Crippen LogP contribution in [-0.4, -0.2) is 41.5 Å². The van der Waals surface area contributed by atoms with Crippen molar-refractivity contribution in [3.8, 4) is 5.75 Å². The van der Waals surface area contributed by atoms with Crippen molar-refractivity contribution in [3.63, 3.8) is 0 Å². The van der Waals surface area contributed by atoms with Crippen LogP contribution in [0.25, 0.3) is 10.9 Å². The van der Waals surface area contributed by atoms with E-state index in [1.807, 2.05) is 72.1 Å². The van der Waals surface area contributed by atoms with Crippen LogP contribution in [0.2, 0.25) is 0 Å². The van der Waals surface area contributed by atoms with E-state index >= 15 is 0 Å². The number of rotatable bonds is 7. The third kappa shape index (κ3) is 4.97. The standard InChI is InChI=1S/C22H21NO4S2/c24-20(18-12-23-19-5-2-1-4-17(18)19)13-27-21(25)14-26-16-8-6-15(7-9-16)22-28-10-3-11-29-22/h1-2,4-9,12,22-23H,3,10-11,13-14H2. The minimum Gasteiger partial charge on any atom is -0.482 e. The van der Waals surface area contributed by atoms with Gasteiger partial charge in [0.2, 0.25) is 5.78 Å². The van der Waals surface area contributed by atoms with Crippen molar-refractivity contribution in [2.75, 3.05) is 24.7 Å². The summed E-state index contributed by atoms with van der Waals surface area (Å²) in [7, 11) is 0. The second kappa shape index (κ2) is 9.41. The summed E-state index contributed by atoms with van der Waals surface area (Å²) in [6, 6.07) is 15.3. The molecule has 150 valence electrons. The summed E-state index contributed by atoms with van der Waals surface area (Å²) in [5, 5.41) is 0.819. The predicted molar refractivity (Wildman–Crippen MR) is 118 cm³/mol. The lowest BCUT2D eigenvalue weighted by atomic mass is 10.1. The molecule has 0 amide bonds. The van der Waals surface area contributed by atoms with Gasteiger partial charge in [-0.3, -0.25) is 4.79 Å². The number of carbonyl (C=O) groups is 2. The Balaban J connectivity index is 1.25. The SMILES string of the molecule is O=C(COc1ccc(C2SCCCS2)cc1)OCC(=O)c1c[nH]c2ccccc12. The molecule has 1 N–H and O–H groups in total. The Morgan fingerprint density at radius 1 is 1.00 bits per heavy atom. The van der Waals surface area contributed by atoms with E-state index in [9.17, 15) is 9.59 Å². The van der Waals surface area contributed by atoms with E-state index in [1.165, 1.54) is 23.5 Å². The third-order valence-electron chi connectivity index (χ3n) is 4.59. The fraction of sp³-hybridized carbons (Fsp3) is 0.273. The molecule has 2 aromatic carbocycles. The van der Waals surface area contributed by atoms with Gasteiger partial charge in [-0.2, -0.15) is 0 Å². The second-order valence-corrected chi connectivity index (χ2v) is 9.34. The molecular weight excluding hydrogens is 406 g/mol. The highest BCUT2D eigenvalue weighted by Crippen LogP contribution is 2.43. The minimum atomic E-state index is -0.569. The number of hydrogen-bond donors (Lipinski definition) is 1. The normalized spacial score (nSPS) is 14.6. The Labute approximate surface area is 177 Å². The fourth-order valence-corrected chi connectivity index (χ4v) is 6.01. The molecule has 1 saturated heterocycles. The molecule has 1 aliphatic heterocycles. The average Bonchev–Trinajstić information content (AvgIpc) is 3.21. The largest absolute Gasteiger partial charge is 0.482 e. The molecular formula is C22H21NO4S2. The molecule has 0 atom stereocenters. The van der Waals surface area contributed by atoms with Crippen LogP contribution in [0.3, 0.4) is 0 Å². The number of carbonyl (C=O) groups excluding carboxylic acids is 2. The lowest BCUT2D eigenvalue weighted by Crippen LogP contribution is -2.19. The number of nitrogens with one attached hydrogen (secondary N) is 1. The zero-order chi connectivity index (χ0) is 20.1. The van der Waals surface area contributed by atoms with Crippen molar-refractivity contribution in [3.05, 3.63) is 65.9 Å². The molecule has 1 aromatic heterocycles. The van der Waals surface area contributed by atoms with Gasteiger partial charge < -0.3 is 14.5 Å². The molecule has 0 bridgehead atoms. The average molecular weight is 428 g/mol. The molecule has 0 unspecified atom stereocenters. The van der Waals surface area contributed by atoms with Gasteiger partial charge in [0.15, 0.2) is 13.2 Å². The first-order valence-corrected chi connectivity index (χ1v) is 11.5. The number of ether oxygens (including phenoxy) is 2. The molecule has 0 radical (unpaired) electrons. The maximum Gasteiger partial charge on any atom is 0.344 e. The first-order valence-electron chi connectivity index (χ1n) is 9.41. The molecule has 1 fully saturated rings. The van der Waals surface area contributed by atoms with Gasteiger partial charge >= 0.3 is 5.97 Å². The van der Waals surface area contributed by atoms with Crippen molar-refractivity contribution in [1.82, 2.24) is 4.98 Å². The van der Waals surface area contributed by atoms with Crippen LogP contribution in [0.1, 0.15) is 26.9 Å². The van der Waals surface area contributed by atoms with E-state index in [1.54, 1.807) is 6.20 Å². The third-order valence-corrected chi connectivity index (χ3v) is 7.61. The van der Waals surface area contributed by atoms with E-state index in [4.69, 9.17) is 9.47 Å². The summed E-state index contributed by atoms with van der Waals surface area (Å²) in [5.41, 5.74) is 2.65. The molecule has 0 aliphatic carbocycles. The first-order chi connectivity index (χ1) is 14.2. The van der Waals surface area contributed by atoms with Crippen LogP contribution in [-0.2, 0) is 9.53 Å². The highest BCUT2D eigenvalue weighted by Gasteiger charge is 2.17. The molecule has 2 heterocycles. The summed E-state index contributed by atoms with van der Waals surface area (Å²) < 4.78 is 11.1. The van der Waals surface area contributed by atoms with Gasteiger partial charge in [0.05, 0.1) is 4.58 Å². The van der Waals surface area contributed by atoms with E-state index in [-0.39, 0.29) is 19.0 Å². The number of benzene rings is 2. The van der Waals surface area contributed by atoms with Crippen LogP contribution >= 0.6 is 23.5 Å². The second-order valence-electron chi connectivity index (χ2n) is 6.62. The van der Waals surface area contributed by atoms with Crippen LogP contribution in [0.4, 0.5) is 0 Å². The molecule has 0 spiro atoms. The van der Waals surface area contributed by atoms with Crippen LogP contribution in [0.15, 0.2) is 54.7 Å². The fourth-order valence-electron chi connectivity index (χ4n) is 3.11. The number of hydrogen-bond acceptors (Lipinski definition) is 6. The molecule has 29 heavy (non-hydrogen) atoms. The van der Waals surface area contributed by atoms with Crippen molar-refractivity contribution < 1.29 is 19.1 Å². The summed E-state index contributed by atoms with van der Waals surface area (Å²) in [6.07, 6.45) is 2.90. The van der Waals surface area contributed by atoms with E-state index in [2.05, 4.69) is 4.98 Å². The van der Waals surface area contributed by atoms with E-state index in [0.717, 1.165) is 10.9 Å². The summed E-state index contributed by atoms with van der Waals surface area (Å²) >= 11 is 3.93. The monoisotopic (exact) mass is 427 g/mol. The van der Waals surface area contributed by atoms with Gasteiger partial charge in [0.25, 0.3) is 0 Å². The van der Waals surface area contributed by atoms with Crippen LogP contribution < -0.4 is 4.74 Å². The van der Waals surface area contributed by atoms with Gasteiger partial charge in [0.1, 0.15) is 5.75 Å². The van der Waals surface area contributed by atoms with Crippen molar-refractivity contribution in [2.24, 2.45) is 0 Å². The molecule has 0 saturated carbocycles. The Kier molecular flexibility index (Phi) is 6.46. The number of H-pyrrole nitrogens is 1. The van der Waals surface area contributed by atoms with Gasteiger partial charge in [-0.15, -0.1) is 23.5 Å². The van der Waals surface area contributed by atoms with E-state index < -0.39 is 5.97 Å². The lowest BCUT2D eigenvalue weighted by Gasteiger charge is -2.21. The minimum absolute atomic E-state index is 0.229. The van der Waals surface area contributed by atoms with Gasteiger partial charge in [-0.1, -0.05) is 30.3 Å². The van der Waals surface area contributed by atoms with Crippen molar-refractivity contribution >= 4 is 46.2 Å². The molecule has 1 aliphatic rings. The molecule has 4 rings (SSSR count). The Bertz CT molecular complexity index is 993. The Morgan fingerprint density at radius 2 is 1.76 bits per heavy atom. The summed E-state index contributed by atoms with van der Waals surface area (Å²) in [5.74, 6) is 2.18. The number of aromatic nitrogens is 1. The summed E-state index contributed by atoms with van der Waals surface area (Å²) in [6.45, 7) is -0.535. The first kappa shape index (κ1) is 19.9. The highest BCUT2D eigenvalue weighted by molar-refractivity contribution is 8.16. The molecule has 5 nitrogen and oxygen atoms in total. The number of Topliss-reactive ketones (excluding diaryl/α,β-unsaturated/α-hetero) is 1. The summed E-state index contributed by atoms with van der Waals surface area (Å²) in [4.78, 5) is 27.3. The maximum atomic E-state index is 12.3. The molecule has 3 aromatic rings. The number of esters is 1. The van der Waals surface area contributed by atoms with Crippen LogP contribution in [0.5, 0.6) is 5.75 Å². The quantitative estimate of drug-likeness (QED) is 0.430. The topological polar surface area (TPSA) is 68.4 Å². The Morgan fingerprint density at radius 3 is 2.55 bits per heavy atom. The van der Waals surface area contributed by atoms with Crippen molar-refractivity contribution in [2.45, 2.75) is 11.0 Å². The van der Waals surface area contributed by atoms with Crippen molar-refractivity contribution in [1.29, 1.82) is 0 Å². The molecule has 7 heteroatoms. The maximum absolute atomic E-state index is 12.3. The number of para-hydroxylation sites is 1. The number of ketones is 1. The Hall–Kier alpha value is -2.38. The highest BCUT2D eigenvalue weighted by atomic mass is 32.2.